The molecule has 2 aromatic heterocycles. The predicted octanol–water partition coefficient (Wildman–Crippen LogP) is 3.42. The average Bonchev–Trinajstić information content (AvgIpc) is 3.52. The minimum absolute atomic E-state index is 0.0128. The number of benzene rings is 1. The summed E-state index contributed by atoms with van der Waals surface area (Å²) >= 11 is 6.15. The van der Waals surface area contributed by atoms with E-state index in [-0.39, 0.29) is 41.4 Å². The first-order valence-electron chi connectivity index (χ1n) is 13.4. The third-order valence-corrected chi connectivity index (χ3v) is 7.05. The molecule has 0 unspecified atom stereocenters. The molecule has 2 bridgehead atoms. The Hall–Kier alpha value is -4.06. The van der Waals surface area contributed by atoms with Crippen LogP contribution in [0, 0.1) is 12.8 Å². The molecule has 1 aromatic carbocycles. The zero-order valence-corrected chi connectivity index (χ0v) is 24.3. The van der Waals surface area contributed by atoms with Crippen molar-refractivity contribution in [3.63, 3.8) is 0 Å². The molecule has 220 valence electrons. The fraction of sp³-hybridized carbons (Fsp3) is 0.464. The molecule has 4 rings (SSSR count). The number of carbonyl (C=O) groups is 4. The lowest BCUT2D eigenvalue weighted by Gasteiger charge is -2.24. The molecule has 0 aliphatic carbocycles. The summed E-state index contributed by atoms with van der Waals surface area (Å²) in [5.41, 5.74) is 0.380. The monoisotopic (exact) mass is 587 g/mol. The second kappa shape index (κ2) is 12.6. The third-order valence-electron chi connectivity index (χ3n) is 6.83. The van der Waals surface area contributed by atoms with E-state index in [2.05, 4.69) is 26.3 Å². The molecule has 4 N–H and O–H groups in total. The van der Waals surface area contributed by atoms with Gasteiger partial charge in [0.2, 0.25) is 17.7 Å². The molecule has 0 spiro atoms. The highest BCUT2D eigenvalue weighted by atomic mass is 35.5. The van der Waals surface area contributed by atoms with Crippen molar-refractivity contribution in [3.8, 4) is 5.75 Å². The normalized spacial score (nSPS) is 20.9. The number of methoxy groups -OCH3 is 1. The average molecular weight is 588 g/mol. The van der Waals surface area contributed by atoms with Crippen molar-refractivity contribution >= 4 is 46.2 Å². The maximum atomic E-state index is 13.6. The molecule has 0 saturated carbocycles. The van der Waals surface area contributed by atoms with Gasteiger partial charge in [0.1, 0.15) is 23.9 Å². The van der Waals surface area contributed by atoms with Crippen molar-refractivity contribution in [1.82, 2.24) is 26.3 Å². The Labute approximate surface area is 241 Å². The molecule has 4 amide bonds. The van der Waals surface area contributed by atoms with Gasteiger partial charge in [-0.1, -0.05) is 25.4 Å². The van der Waals surface area contributed by atoms with E-state index in [1.54, 1.807) is 26.0 Å². The van der Waals surface area contributed by atoms with Crippen LogP contribution in [0.1, 0.15) is 78.8 Å². The van der Waals surface area contributed by atoms with Gasteiger partial charge >= 0.3 is 0 Å². The lowest BCUT2D eigenvalue weighted by atomic mass is 10.0. The number of aryl methyl sites for hydroxylation is 1. The second-order valence-corrected chi connectivity index (χ2v) is 10.8. The molecule has 41 heavy (non-hydrogen) atoms. The summed E-state index contributed by atoms with van der Waals surface area (Å²) in [5.74, 6) is -1.37. The Morgan fingerprint density at radius 2 is 1.88 bits per heavy atom. The molecule has 3 aromatic rings. The molecule has 1 aliphatic rings. The zero-order valence-electron chi connectivity index (χ0n) is 23.6. The highest BCUT2D eigenvalue weighted by molar-refractivity contribution is 6.31. The molecular formula is C28H34ClN5O7. The summed E-state index contributed by atoms with van der Waals surface area (Å²) in [6, 6.07) is 2.34. The van der Waals surface area contributed by atoms with E-state index in [1.807, 2.05) is 13.8 Å². The number of nitrogens with one attached hydrogen (secondary N) is 4. The summed E-state index contributed by atoms with van der Waals surface area (Å²) in [5, 5.41) is 12.1. The van der Waals surface area contributed by atoms with Crippen molar-refractivity contribution in [2.75, 3.05) is 13.7 Å². The first-order valence-corrected chi connectivity index (χ1v) is 13.8. The van der Waals surface area contributed by atoms with Gasteiger partial charge in [-0.2, -0.15) is 0 Å². The van der Waals surface area contributed by atoms with Gasteiger partial charge in [0.25, 0.3) is 11.8 Å². The van der Waals surface area contributed by atoms with Gasteiger partial charge in [-0.05, 0) is 51.2 Å². The summed E-state index contributed by atoms with van der Waals surface area (Å²) in [4.78, 5) is 56.5. The summed E-state index contributed by atoms with van der Waals surface area (Å²) in [6.45, 7) is 7.23. The number of hydrogen-bond acceptors (Lipinski definition) is 8. The maximum absolute atomic E-state index is 13.6. The Bertz CT molecular complexity index is 1460. The van der Waals surface area contributed by atoms with Crippen LogP contribution in [0.5, 0.6) is 5.75 Å². The molecular weight excluding hydrogens is 554 g/mol. The molecule has 3 heterocycles. The van der Waals surface area contributed by atoms with Gasteiger partial charge in [-0.15, -0.1) is 0 Å². The van der Waals surface area contributed by atoms with Gasteiger partial charge < -0.3 is 34.8 Å². The van der Waals surface area contributed by atoms with Crippen LogP contribution in [-0.2, 0) is 9.59 Å². The highest BCUT2D eigenvalue weighted by Crippen LogP contribution is 2.32. The molecule has 12 nitrogen and oxygen atoms in total. The summed E-state index contributed by atoms with van der Waals surface area (Å²) < 4.78 is 16.9. The smallest absolute Gasteiger partial charge is 0.287 e. The summed E-state index contributed by atoms with van der Waals surface area (Å²) in [7, 11) is 1.47. The van der Waals surface area contributed by atoms with E-state index in [0.29, 0.717) is 41.1 Å². The Balaban J connectivity index is 1.62. The second-order valence-electron chi connectivity index (χ2n) is 10.3. The maximum Gasteiger partial charge on any atom is 0.287 e. The van der Waals surface area contributed by atoms with Crippen LogP contribution in [0.4, 0.5) is 0 Å². The number of hydrogen-bond donors (Lipinski definition) is 4. The largest absolute Gasteiger partial charge is 0.493 e. The van der Waals surface area contributed by atoms with Crippen LogP contribution in [0.25, 0.3) is 11.0 Å². The van der Waals surface area contributed by atoms with E-state index < -0.39 is 35.8 Å². The van der Waals surface area contributed by atoms with Gasteiger partial charge in [0.15, 0.2) is 22.8 Å². The van der Waals surface area contributed by atoms with Crippen LogP contribution in [-0.4, -0.2) is 54.4 Å². The van der Waals surface area contributed by atoms with Gasteiger partial charge in [-0.3, -0.25) is 19.2 Å². The first-order chi connectivity index (χ1) is 19.5. The van der Waals surface area contributed by atoms with Crippen LogP contribution in [0.3, 0.4) is 0 Å². The van der Waals surface area contributed by atoms with E-state index in [0.717, 1.165) is 0 Å². The van der Waals surface area contributed by atoms with Gasteiger partial charge in [0.05, 0.1) is 7.11 Å². The first kappa shape index (κ1) is 29.9. The number of nitrogens with zero attached hydrogens (tertiary/aromatic N) is 1. The van der Waals surface area contributed by atoms with Crippen LogP contribution in [0.15, 0.2) is 27.0 Å². The lowest BCUT2D eigenvalue weighted by Crippen LogP contribution is -2.48. The van der Waals surface area contributed by atoms with Crippen molar-refractivity contribution < 1.29 is 32.7 Å². The van der Waals surface area contributed by atoms with E-state index in [1.165, 1.54) is 13.2 Å². The standard InChI is InChI=1S/C28H34ClN5O7/c1-13(2)21-28-34-22(15(4)40-28)27(38)31-14(3)24(35)30-9-7-6-8-18(25(36)33-21)32-26(37)20-11-16-10-17(29)12-19(39-5)23(16)41-20/h10-14,18,21H,6-9H2,1-5H3,(H,30,35)(H,31,38)(H,32,37)(H,33,36)/t14-,18+,21+/m1/s1. The molecule has 0 fully saturated rings. The topological polar surface area (TPSA) is 165 Å². The zero-order chi connectivity index (χ0) is 29.8. The van der Waals surface area contributed by atoms with E-state index in [4.69, 9.17) is 25.2 Å². The van der Waals surface area contributed by atoms with Crippen molar-refractivity contribution in [2.24, 2.45) is 5.92 Å². The van der Waals surface area contributed by atoms with E-state index >= 15 is 0 Å². The minimum Gasteiger partial charge on any atom is -0.493 e. The lowest BCUT2D eigenvalue weighted by molar-refractivity contribution is -0.124. The molecule has 0 radical (unpaired) electrons. The number of furan rings is 1. The predicted molar refractivity (Wildman–Crippen MR) is 150 cm³/mol. The number of ether oxygens (including phenoxy) is 1. The molecule has 3 atom stereocenters. The van der Waals surface area contributed by atoms with E-state index in [9.17, 15) is 19.2 Å². The number of fused-ring (bicyclic) bond motifs is 3. The van der Waals surface area contributed by atoms with Crippen molar-refractivity contribution in [1.29, 1.82) is 0 Å². The fourth-order valence-electron chi connectivity index (χ4n) is 4.54. The molecule has 13 heteroatoms. The number of aromatic nitrogens is 1. The third kappa shape index (κ3) is 6.82. The number of oxazole rings is 1. The van der Waals surface area contributed by atoms with Crippen molar-refractivity contribution in [2.45, 2.75) is 65.1 Å². The number of amides is 4. The number of carbonyl (C=O) groups excluding carboxylic acids is 4. The molecule has 1 aliphatic heterocycles. The Morgan fingerprint density at radius 1 is 1.12 bits per heavy atom. The van der Waals surface area contributed by atoms with Gasteiger partial charge in [0, 0.05) is 23.0 Å². The van der Waals surface area contributed by atoms with Crippen molar-refractivity contribution in [3.05, 3.63) is 46.3 Å². The van der Waals surface area contributed by atoms with Crippen LogP contribution < -0.4 is 26.0 Å². The molecule has 0 saturated heterocycles. The number of halogens is 1. The van der Waals surface area contributed by atoms with Gasteiger partial charge in [-0.25, -0.2) is 4.98 Å². The van der Waals surface area contributed by atoms with Crippen LogP contribution in [0.2, 0.25) is 5.02 Å². The Kier molecular flexibility index (Phi) is 9.21. The summed E-state index contributed by atoms with van der Waals surface area (Å²) in [6.07, 6.45) is 1.34. The number of rotatable bonds is 4. The minimum atomic E-state index is -0.941. The fourth-order valence-corrected chi connectivity index (χ4v) is 4.76. The highest BCUT2D eigenvalue weighted by Gasteiger charge is 2.31. The quantitative estimate of drug-likeness (QED) is 0.360. The SMILES string of the molecule is COc1cc(Cl)cc2cc(C(=O)N[C@H]3CCCCNC(=O)[C@@H](C)NC(=O)c4nc(oc4C)[C@H](C(C)C)NC3=O)oc12. The Morgan fingerprint density at radius 3 is 2.59 bits per heavy atom. The van der Waals surface area contributed by atoms with Crippen LogP contribution >= 0.6 is 11.6 Å².